The average molecular weight is 314 g/mol. The van der Waals surface area contributed by atoms with Crippen molar-refractivity contribution in [3.63, 3.8) is 0 Å². The molecule has 0 aliphatic carbocycles. The van der Waals surface area contributed by atoms with Crippen molar-refractivity contribution in [2.24, 2.45) is 0 Å². The van der Waals surface area contributed by atoms with E-state index in [1.807, 2.05) is 18.3 Å². The van der Waals surface area contributed by atoms with Crippen LogP contribution in [0.2, 0.25) is 0 Å². The van der Waals surface area contributed by atoms with Gasteiger partial charge in [0.05, 0.1) is 22.5 Å². The van der Waals surface area contributed by atoms with Gasteiger partial charge in [-0.15, -0.1) is 0 Å². The van der Waals surface area contributed by atoms with E-state index in [4.69, 9.17) is 5.26 Å². The van der Waals surface area contributed by atoms with E-state index in [-0.39, 0.29) is 0 Å². The van der Waals surface area contributed by atoms with Gasteiger partial charge in [-0.2, -0.15) is 5.26 Å². The van der Waals surface area contributed by atoms with Gasteiger partial charge >= 0.3 is 0 Å². The lowest BCUT2D eigenvalue weighted by Crippen LogP contribution is -1.78. The molecule has 70 valence electrons. The summed E-state index contributed by atoms with van der Waals surface area (Å²) in [4.78, 5) is 3.15. The number of rotatable bonds is 1. The van der Waals surface area contributed by atoms with Crippen molar-refractivity contribution in [3.05, 3.63) is 32.8 Å². The van der Waals surface area contributed by atoms with Crippen LogP contribution in [0.5, 0.6) is 0 Å². The molecule has 2 rings (SSSR count). The molecule has 0 aliphatic heterocycles. The van der Waals surface area contributed by atoms with Crippen molar-refractivity contribution in [2.75, 3.05) is 0 Å². The van der Waals surface area contributed by atoms with E-state index in [1.165, 1.54) is 0 Å². The van der Waals surface area contributed by atoms with Crippen molar-refractivity contribution in [3.8, 4) is 6.07 Å². The van der Waals surface area contributed by atoms with E-state index in [0.29, 0.717) is 6.42 Å². The first-order chi connectivity index (χ1) is 6.74. The zero-order valence-corrected chi connectivity index (χ0v) is 10.3. The van der Waals surface area contributed by atoms with Gasteiger partial charge in [0.1, 0.15) is 0 Å². The number of hydrogen-bond acceptors (Lipinski definition) is 1. The predicted molar refractivity (Wildman–Crippen MR) is 63.0 cm³/mol. The summed E-state index contributed by atoms with van der Waals surface area (Å²) < 4.78 is 2.01. The fraction of sp³-hybridized carbons (Fsp3) is 0.100. The number of nitrogens with one attached hydrogen (secondary N) is 1. The van der Waals surface area contributed by atoms with Crippen LogP contribution in [-0.2, 0) is 6.42 Å². The van der Waals surface area contributed by atoms with Gasteiger partial charge in [-0.25, -0.2) is 0 Å². The summed E-state index contributed by atoms with van der Waals surface area (Å²) in [6.07, 6.45) is 2.32. The van der Waals surface area contributed by atoms with Crippen molar-refractivity contribution < 1.29 is 0 Å². The summed E-state index contributed by atoms with van der Waals surface area (Å²) in [5.41, 5.74) is 2.07. The molecular weight excluding hydrogens is 308 g/mol. The number of nitrogens with zero attached hydrogens (tertiary/aromatic N) is 1. The molecule has 1 N–H and O–H groups in total. The molecule has 1 aromatic carbocycles. The summed E-state index contributed by atoms with van der Waals surface area (Å²) in [5, 5.41) is 9.74. The van der Waals surface area contributed by atoms with Gasteiger partial charge in [0.25, 0.3) is 0 Å². The third-order valence-electron chi connectivity index (χ3n) is 2.10. The van der Waals surface area contributed by atoms with Crippen LogP contribution in [0.1, 0.15) is 5.56 Å². The molecule has 1 aromatic heterocycles. The molecule has 0 amide bonds. The summed E-state index contributed by atoms with van der Waals surface area (Å²) in [7, 11) is 0. The number of hydrogen-bond donors (Lipinski definition) is 1. The van der Waals surface area contributed by atoms with Crippen LogP contribution in [-0.4, -0.2) is 4.98 Å². The highest BCUT2D eigenvalue weighted by Gasteiger charge is 2.07. The van der Waals surface area contributed by atoms with Gasteiger partial charge < -0.3 is 4.98 Å². The Morgan fingerprint density at radius 2 is 2.14 bits per heavy atom. The largest absolute Gasteiger partial charge is 0.360 e. The van der Waals surface area contributed by atoms with Crippen LogP contribution in [0.25, 0.3) is 10.9 Å². The van der Waals surface area contributed by atoms with E-state index < -0.39 is 0 Å². The predicted octanol–water partition coefficient (Wildman–Crippen LogP) is 3.76. The molecule has 0 aliphatic rings. The van der Waals surface area contributed by atoms with Crippen molar-refractivity contribution in [2.45, 2.75) is 6.42 Å². The molecular formula is C10H6Br2N2. The Bertz CT molecular complexity index is 523. The number of benzene rings is 1. The number of halogens is 2. The smallest absolute Gasteiger partial charge is 0.0670 e. The van der Waals surface area contributed by atoms with E-state index in [1.54, 1.807) is 0 Å². The Morgan fingerprint density at radius 3 is 2.86 bits per heavy atom. The summed E-state index contributed by atoms with van der Waals surface area (Å²) in [5.74, 6) is 0. The van der Waals surface area contributed by atoms with Crippen LogP contribution in [0.15, 0.2) is 27.3 Å². The molecule has 2 nitrogen and oxygen atoms in total. The maximum Gasteiger partial charge on any atom is 0.0670 e. The Hall–Kier alpha value is -0.790. The molecule has 0 saturated carbocycles. The molecule has 0 unspecified atom stereocenters. The van der Waals surface area contributed by atoms with Gasteiger partial charge in [-0.3, -0.25) is 0 Å². The maximum atomic E-state index is 8.64. The highest BCUT2D eigenvalue weighted by atomic mass is 79.9. The molecule has 4 heteroatoms. The first-order valence-corrected chi connectivity index (χ1v) is 5.63. The SMILES string of the molecule is N#CCc1c[nH]c2c(Br)c(Br)ccc12. The highest BCUT2D eigenvalue weighted by molar-refractivity contribution is 9.13. The Labute approximate surface area is 98.2 Å². The van der Waals surface area contributed by atoms with Gasteiger partial charge in [0, 0.05) is 16.1 Å². The second-order valence-corrected chi connectivity index (χ2v) is 4.58. The fourth-order valence-corrected chi connectivity index (χ4v) is 2.22. The first-order valence-electron chi connectivity index (χ1n) is 4.05. The second-order valence-electron chi connectivity index (χ2n) is 2.93. The zero-order chi connectivity index (χ0) is 10.1. The molecule has 14 heavy (non-hydrogen) atoms. The molecule has 2 aromatic rings. The number of nitriles is 1. The Balaban J connectivity index is 2.72. The minimum Gasteiger partial charge on any atom is -0.360 e. The number of H-pyrrole nitrogens is 1. The van der Waals surface area contributed by atoms with Crippen molar-refractivity contribution >= 4 is 42.8 Å². The van der Waals surface area contributed by atoms with Gasteiger partial charge in [0.2, 0.25) is 0 Å². The standard InChI is InChI=1S/C10H6Br2N2/c11-8-2-1-7-6(3-4-13)5-14-10(7)9(8)12/h1-2,5,14H,3H2. The van der Waals surface area contributed by atoms with Crippen LogP contribution < -0.4 is 0 Å². The molecule has 0 spiro atoms. The molecule has 0 saturated heterocycles. The lowest BCUT2D eigenvalue weighted by atomic mass is 10.1. The molecule has 0 bridgehead atoms. The Kier molecular flexibility index (Phi) is 2.62. The summed E-state index contributed by atoms with van der Waals surface area (Å²) >= 11 is 6.92. The quantitative estimate of drug-likeness (QED) is 0.855. The van der Waals surface area contributed by atoms with Crippen LogP contribution in [0.4, 0.5) is 0 Å². The maximum absolute atomic E-state index is 8.64. The van der Waals surface area contributed by atoms with Crippen molar-refractivity contribution in [1.82, 2.24) is 4.98 Å². The normalized spacial score (nSPS) is 10.4. The van der Waals surface area contributed by atoms with Gasteiger partial charge in [-0.05, 0) is 43.5 Å². The van der Waals surface area contributed by atoms with Crippen LogP contribution in [0.3, 0.4) is 0 Å². The second kappa shape index (κ2) is 3.76. The zero-order valence-electron chi connectivity index (χ0n) is 7.14. The number of aromatic nitrogens is 1. The average Bonchev–Trinajstić information content (AvgIpc) is 2.57. The lowest BCUT2D eigenvalue weighted by Gasteiger charge is -1.98. The van der Waals surface area contributed by atoms with E-state index >= 15 is 0 Å². The summed E-state index contributed by atoms with van der Waals surface area (Å²) in [6.45, 7) is 0. The Morgan fingerprint density at radius 1 is 1.36 bits per heavy atom. The molecule has 0 radical (unpaired) electrons. The van der Waals surface area contributed by atoms with E-state index in [2.05, 4.69) is 42.9 Å². The van der Waals surface area contributed by atoms with E-state index in [9.17, 15) is 0 Å². The van der Waals surface area contributed by atoms with E-state index in [0.717, 1.165) is 25.4 Å². The highest BCUT2D eigenvalue weighted by Crippen LogP contribution is 2.32. The number of fused-ring (bicyclic) bond motifs is 1. The monoisotopic (exact) mass is 312 g/mol. The molecule has 0 atom stereocenters. The topological polar surface area (TPSA) is 39.6 Å². The van der Waals surface area contributed by atoms with Crippen LogP contribution >= 0.6 is 31.9 Å². The third-order valence-corrected chi connectivity index (χ3v) is 4.12. The van der Waals surface area contributed by atoms with Crippen molar-refractivity contribution in [1.29, 1.82) is 5.26 Å². The minimum absolute atomic E-state index is 0.439. The third kappa shape index (κ3) is 1.47. The minimum atomic E-state index is 0.439. The first kappa shape index (κ1) is 9.75. The summed E-state index contributed by atoms with van der Waals surface area (Å²) in [6, 6.07) is 6.13. The fourth-order valence-electron chi connectivity index (χ4n) is 1.43. The number of aromatic amines is 1. The van der Waals surface area contributed by atoms with Gasteiger partial charge in [-0.1, -0.05) is 6.07 Å². The molecule has 1 heterocycles. The lowest BCUT2D eigenvalue weighted by molar-refractivity contribution is 1.28. The molecule has 0 fully saturated rings. The van der Waals surface area contributed by atoms with Gasteiger partial charge in [0.15, 0.2) is 0 Å². The van der Waals surface area contributed by atoms with Crippen LogP contribution in [0, 0.1) is 11.3 Å².